The molecule has 3 nitrogen and oxygen atoms in total. The van der Waals surface area contributed by atoms with Crippen molar-refractivity contribution in [1.29, 1.82) is 0 Å². The van der Waals surface area contributed by atoms with Gasteiger partial charge in [0.25, 0.3) is 0 Å². The third-order valence-electron chi connectivity index (χ3n) is 3.86. The Balaban J connectivity index is 2.00. The summed E-state index contributed by atoms with van der Waals surface area (Å²) in [4.78, 5) is 13.4. The van der Waals surface area contributed by atoms with Crippen molar-refractivity contribution in [3.05, 3.63) is 48.0 Å². The van der Waals surface area contributed by atoms with Gasteiger partial charge in [-0.05, 0) is 23.6 Å². The molecule has 0 radical (unpaired) electrons. The Morgan fingerprint density at radius 1 is 1.45 bits per heavy atom. The number of alkyl halides is 3. The average molecular weight is 312 g/mol. The molecule has 2 atom stereocenters. The number of carbonyl (C=O) groups excluding carboxylic acids is 1. The largest absolute Gasteiger partial charge is 0.416 e. The van der Waals surface area contributed by atoms with Gasteiger partial charge < -0.3 is 5.32 Å². The van der Waals surface area contributed by atoms with Crippen molar-refractivity contribution in [3.8, 4) is 0 Å². The molecule has 1 N–H and O–H groups in total. The molecule has 1 fully saturated rings. The molecule has 120 valence electrons. The summed E-state index contributed by atoms with van der Waals surface area (Å²) in [5, 5.41) is 2.85. The highest BCUT2D eigenvalue weighted by Crippen LogP contribution is 2.30. The summed E-state index contributed by atoms with van der Waals surface area (Å²) >= 11 is 0. The number of nitrogens with zero attached hydrogens (tertiary/aromatic N) is 1. The van der Waals surface area contributed by atoms with Gasteiger partial charge in [-0.3, -0.25) is 9.69 Å². The predicted molar refractivity (Wildman–Crippen MR) is 78.0 cm³/mol. The second-order valence-corrected chi connectivity index (χ2v) is 5.69. The van der Waals surface area contributed by atoms with E-state index < -0.39 is 11.7 Å². The lowest BCUT2D eigenvalue weighted by Gasteiger charge is -2.17. The highest BCUT2D eigenvalue weighted by molar-refractivity contribution is 5.87. The van der Waals surface area contributed by atoms with E-state index in [0.717, 1.165) is 12.6 Å². The zero-order valence-corrected chi connectivity index (χ0v) is 12.4. The molecule has 2 rings (SSSR count). The van der Waals surface area contributed by atoms with Crippen LogP contribution in [0.4, 0.5) is 13.2 Å². The molecule has 0 saturated carbocycles. The van der Waals surface area contributed by atoms with Gasteiger partial charge in [0.2, 0.25) is 5.91 Å². The van der Waals surface area contributed by atoms with Crippen molar-refractivity contribution in [2.24, 2.45) is 5.92 Å². The third-order valence-corrected chi connectivity index (χ3v) is 3.86. The zero-order valence-electron chi connectivity index (χ0n) is 12.4. The van der Waals surface area contributed by atoms with E-state index in [1.165, 1.54) is 18.2 Å². The van der Waals surface area contributed by atoms with Crippen molar-refractivity contribution >= 4 is 5.91 Å². The average Bonchev–Trinajstić information content (AvgIpc) is 2.78. The van der Waals surface area contributed by atoms with E-state index in [1.807, 2.05) is 11.8 Å². The van der Waals surface area contributed by atoms with Gasteiger partial charge in [0, 0.05) is 25.7 Å². The molecular formula is C16H19F3N2O. The molecule has 0 aliphatic carbocycles. The lowest BCUT2D eigenvalue weighted by atomic mass is 10.1. The van der Waals surface area contributed by atoms with Crippen molar-refractivity contribution in [3.63, 3.8) is 0 Å². The maximum atomic E-state index is 12.7. The van der Waals surface area contributed by atoms with Gasteiger partial charge in [-0.25, -0.2) is 0 Å². The van der Waals surface area contributed by atoms with Gasteiger partial charge >= 0.3 is 6.18 Å². The summed E-state index contributed by atoms with van der Waals surface area (Å²) in [6.07, 6.45) is -3.10. The Labute approximate surface area is 127 Å². The van der Waals surface area contributed by atoms with Crippen LogP contribution in [0.15, 0.2) is 36.9 Å². The van der Waals surface area contributed by atoms with Gasteiger partial charge in [-0.15, -0.1) is 0 Å². The molecule has 0 aromatic heterocycles. The summed E-state index contributed by atoms with van der Waals surface area (Å²) < 4.78 is 38.2. The smallest absolute Gasteiger partial charge is 0.348 e. The van der Waals surface area contributed by atoms with E-state index in [-0.39, 0.29) is 17.9 Å². The maximum absolute atomic E-state index is 12.7. The molecule has 1 saturated heterocycles. The number of hydrogen-bond donors (Lipinski definition) is 1. The fraction of sp³-hybridized carbons (Fsp3) is 0.438. The number of rotatable bonds is 4. The van der Waals surface area contributed by atoms with Gasteiger partial charge in [-0.1, -0.05) is 31.7 Å². The first-order valence-electron chi connectivity index (χ1n) is 7.11. The van der Waals surface area contributed by atoms with Crippen LogP contribution in [-0.2, 0) is 17.5 Å². The van der Waals surface area contributed by atoms with E-state index in [0.29, 0.717) is 18.7 Å². The van der Waals surface area contributed by atoms with Gasteiger partial charge in [0.15, 0.2) is 0 Å². The summed E-state index contributed by atoms with van der Waals surface area (Å²) in [7, 11) is 0. The van der Waals surface area contributed by atoms with E-state index in [2.05, 4.69) is 11.9 Å². The molecule has 1 aromatic carbocycles. The second kappa shape index (κ2) is 6.52. The molecule has 22 heavy (non-hydrogen) atoms. The number of benzene rings is 1. The zero-order chi connectivity index (χ0) is 16.3. The number of hydrogen-bond acceptors (Lipinski definition) is 2. The van der Waals surface area contributed by atoms with Crippen molar-refractivity contribution < 1.29 is 18.0 Å². The predicted octanol–water partition coefficient (Wildman–Crippen LogP) is 2.83. The van der Waals surface area contributed by atoms with Crippen LogP contribution in [0.2, 0.25) is 0 Å². The molecule has 6 heteroatoms. The molecule has 0 bridgehead atoms. The summed E-state index contributed by atoms with van der Waals surface area (Å²) in [6.45, 7) is 7.22. The van der Waals surface area contributed by atoms with Gasteiger partial charge in [0.1, 0.15) is 0 Å². The van der Waals surface area contributed by atoms with Crippen LogP contribution < -0.4 is 5.32 Å². The Morgan fingerprint density at radius 2 is 2.18 bits per heavy atom. The van der Waals surface area contributed by atoms with Crippen LogP contribution >= 0.6 is 0 Å². The van der Waals surface area contributed by atoms with Crippen LogP contribution in [0.1, 0.15) is 18.1 Å². The molecule has 0 spiro atoms. The number of nitrogens with one attached hydrogen (secondary N) is 1. The summed E-state index contributed by atoms with van der Waals surface area (Å²) in [5.41, 5.74) is -0.00789. The Hall–Kier alpha value is -1.82. The number of amides is 1. The first kappa shape index (κ1) is 16.5. The minimum Gasteiger partial charge on any atom is -0.348 e. The standard InChI is InChI=1S/C16H19F3N2O/c1-3-15(22)20-14-10-21(8-11(14)2)9-12-5-4-6-13(7-12)16(17,18)19/h3-7,11,14H,1,8-10H2,2H3,(H,20,22)/t11?,14-/m1/s1. The van der Waals surface area contributed by atoms with Gasteiger partial charge in [-0.2, -0.15) is 13.2 Å². The van der Waals surface area contributed by atoms with E-state index in [9.17, 15) is 18.0 Å². The molecule has 1 aromatic rings. The quantitative estimate of drug-likeness (QED) is 0.867. The molecule has 1 aliphatic rings. The Morgan fingerprint density at radius 3 is 2.82 bits per heavy atom. The highest BCUT2D eigenvalue weighted by atomic mass is 19.4. The minimum atomic E-state index is -4.32. The fourth-order valence-corrected chi connectivity index (χ4v) is 2.73. The van der Waals surface area contributed by atoms with Crippen molar-refractivity contribution in [2.75, 3.05) is 13.1 Å². The lowest BCUT2D eigenvalue weighted by molar-refractivity contribution is -0.137. The van der Waals surface area contributed by atoms with Crippen molar-refractivity contribution in [2.45, 2.75) is 25.7 Å². The Bertz CT molecular complexity index is 557. The minimum absolute atomic E-state index is 0.00343. The lowest BCUT2D eigenvalue weighted by Crippen LogP contribution is -2.38. The second-order valence-electron chi connectivity index (χ2n) is 5.69. The molecule has 1 aliphatic heterocycles. The number of carbonyl (C=O) groups is 1. The number of likely N-dealkylation sites (tertiary alicyclic amines) is 1. The number of halogens is 3. The van der Waals surface area contributed by atoms with Gasteiger partial charge in [0.05, 0.1) is 5.56 Å². The maximum Gasteiger partial charge on any atom is 0.416 e. The topological polar surface area (TPSA) is 32.3 Å². The summed E-state index contributed by atoms with van der Waals surface area (Å²) in [6, 6.07) is 5.37. The van der Waals surface area contributed by atoms with E-state index in [4.69, 9.17) is 0 Å². The Kier molecular flexibility index (Phi) is 4.90. The van der Waals surface area contributed by atoms with Crippen LogP contribution in [-0.4, -0.2) is 29.9 Å². The first-order chi connectivity index (χ1) is 10.3. The first-order valence-corrected chi connectivity index (χ1v) is 7.11. The molecule has 1 heterocycles. The van der Waals surface area contributed by atoms with Crippen LogP contribution in [0.5, 0.6) is 0 Å². The van der Waals surface area contributed by atoms with E-state index in [1.54, 1.807) is 6.07 Å². The SMILES string of the molecule is C=CC(=O)N[C@@H]1CN(Cc2cccc(C(F)(F)F)c2)CC1C. The normalized spacial score (nSPS) is 22.5. The monoisotopic (exact) mass is 312 g/mol. The summed E-state index contributed by atoms with van der Waals surface area (Å²) in [5.74, 6) is 0.0208. The van der Waals surface area contributed by atoms with Crippen LogP contribution in [0.25, 0.3) is 0 Å². The molecular weight excluding hydrogens is 293 g/mol. The fourth-order valence-electron chi connectivity index (χ4n) is 2.73. The molecule has 1 amide bonds. The van der Waals surface area contributed by atoms with E-state index >= 15 is 0 Å². The highest BCUT2D eigenvalue weighted by Gasteiger charge is 2.32. The molecule has 1 unspecified atom stereocenters. The third kappa shape index (κ3) is 4.10. The van der Waals surface area contributed by atoms with Crippen molar-refractivity contribution in [1.82, 2.24) is 10.2 Å². The van der Waals surface area contributed by atoms with Crippen LogP contribution in [0, 0.1) is 5.92 Å². The van der Waals surface area contributed by atoms with Crippen LogP contribution in [0.3, 0.4) is 0 Å².